The van der Waals surface area contributed by atoms with Crippen LogP contribution in [0.25, 0.3) is 5.52 Å². The van der Waals surface area contributed by atoms with E-state index in [1.165, 1.54) is 11.8 Å². The van der Waals surface area contributed by atoms with Gasteiger partial charge in [-0.05, 0) is 25.0 Å². The van der Waals surface area contributed by atoms with E-state index in [-0.39, 0.29) is 11.5 Å². The third-order valence-corrected chi connectivity index (χ3v) is 4.54. The van der Waals surface area contributed by atoms with Crippen molar-refractivity contribution in [3.63, 3.8) is 0 Å². The van der Waals surface area contributed by atoms with E-state index in [1.807, 2.05) is 44.3 Å². The molecule has 0 saturated carbocycles. The van der Waals surface area contributed by atoms with E-state index < -0.39 is 0 Å². The van der Waals surface area contributed by atoms with Crippen molar-refractivity contribution in [3.8, 4) is 6.07 Å². The van der Waals surface area contributed by atoms with Crippen LogP contribution in [0.5, 0.6) is 0 Å². The molecule has 1 aromatic carbocycles. The summed E-state index contributed by atoms with van der Waals surface area (Å²) >= 11 is 1.31. The van der Waals surface area contributed by atoms with Gasteiger partial charge in [-0.25, -0.2) is 4.52 Å². The number of nitriles is 1. The maximum absolute atomic E-state index is 12.2. The number of carbonyl (C=O) groups is 1. The number of nitrogens with zero attached hydrogens (tertiary/aromatic N) is 3. The van der Waals surface area contributed by atoms with Gasteiger partial charge in [0.2, 0.25) is 0 Å². The molecule has 0 unspecified atom stereocenters. The molecule has 2 heterocycles. The zero-order chi connectivity index (χ0) is 16.4. The van der Waals surface area contributed by atoms with E-state index in [9.17, 15) is 10.1 Å². The van der Waals surface area contributed by atoms with Crippen molar-refractivity contribution in [1.29, 1.82) is 5.26 Å². The lowest BCUT2D eigenvalue weighted by molar-refractivity contribution is 0.102. The first-order valence-corrected chi connectivity index (χ1v) is 8.19. The summed E-state index contributed by atoms with van der Waals surface area (Å²) in [6, 6.07) is 13.4. The number of pyridine rings is 1. The molecule has 0 radical (unpaired) electrons. The number of hydrogen-bond acceptors (Lipinski definition) is 4. The lowest BCUT2D eigenvalue weighted by atomic mass is 10.1. The van der Waals surface area contributed by atoms with Gasteiger partial charge in [-0.2, -0.15) is 10.4 Å². The van der Waals surface area contributed by atoms with Crippen LogP contribution in [0.3, 0.4) is 0 Å². The zero-order valence-electron chi connectivity index (χ0n) is 12.9. The van der Waals surface area contributed by atoms with Gasteiger partial charge >= 0.3 is 0 Å². The maximum atomic E-state index is 12.2. The van der Waals surface area contributed by atoms with Crippen molar-refractivity contribution in [3.05, 3.63) is 64.8 Å². The molecule has 2 aromatic heterocycles. The number of benzene rings is 1. The first kappa shape index (κ1) is 15.3. The molecule has 0 aliphatic rings. The third kappa shape index (κ3) is 2.99. The fourth-order valence-corrected chi connectivity index (χ4v) is 3.43. The molecule has 4 nitrogen and oxygen atoms in total. The predicted molar refractivity (Wildman–Crippen MR) is 90.9 cm³/mol. The number of fused-ring (bicyclic) bond motifs is 1. The Morgan fingerprint density at radius 3 is 2.74 bits per heavy atom. The van der Waals surface area contributed by atoms with Gasteiger partial charge in [-0.15, -0.1) is 0 Å². The summed E-state index contributed by atoms with van der Waals surface area (Å²) in [6.45, 7) is 3.96. The average molecular weight is 321 g/mol. The molecule has 0 bridgehead atoms. The first-order valence-electron chi connectivity index (χ1n) is 7.21. The molecule has 0 spiro atoms. The minimum absolute atomic E-state index is 0.0319. The van der Waals surface area contributed by atoms with Crippen molar-refractivity contribution >= 4 is 23.1 Å². The number of carbonyl (C=O) groups excluding carboxylic acids is 1. The number of hydrogen-bond donors (Lipinski definition) is 0. The molecule has 23 heavy (non-hydrogen) atoms. The van der Waals surface area contributed by atoms with E-state index >= 15 is 0 Å². The van der Waals surface area contributed by atoms with Crippen molar-refractivity contribution in [2.24, 2.45) is 0 Å². The second-order valence-electron chi connectivity index (χ2n) is 5.36. The third-order valence-electron chi connectivity index (χ3n) is 3.57. The van der Waals surface area contributed by atoms with Gasteiger partial charge in [0.25, 0.3) is 0 Å². The molecule has 3 rings (SSSR count). The highest BCUT2D eigenvalue weighted by Crippen LogP contribution is 2.27. The second-order valence-corrected chi connectivity index (χ2v) is 6.33. The van der Waals surface area contributed by atoms with Gasteiger partial charge in [-0.1, -0.05) is 48.2 Å². The van der Waals surface area contributed by atoms with Crippen molar-refractivity contribution < 1.29 is 4.79 Å². The highest BCUT2D eigenvalue weighted by atomic mass is 32.2. The summed E-state index contributed by atoms with van der Waals surface area (Å²) in [7, 11) is 0. The molecule has 0 saturated heterocycles. The van der Waals surface area contributed by atoms with Crippen LogP contribution in [0.2, 0.25) is 0 Å². The van der Waals surface area contributed by atoms with Crippen LogP contribution in [0.1, 0.15) is 27.0 Å². The maximum Gasteiger partial charge on any atom is 0.173 e. The molecule has 0 atom stereocenters. The van der Waals surface area contributed by atoms with Crippen LogP contribution in [-0.2, 0) is 0 Å². The average Bonchev–Trinajstić information content (AvgIpc) is 2.91. The van der Waals surface area contributed by atoms with Crippen LogP contribution < -0.4 is 0 Å². The van der Waals surface area contributed by atoms with Crippen molar-refractivity contribution in [2.75, 3.05) is 5.75 Å². The Labute approximate surface area is 138 Å². The highest BCUT2D eigenvalue weighted by molar-refractivity contribution is 8.00. The quantitative estimate of drug-likeness (QED) is 0.542. The molecule has 3 aromatic rings. The first-order chi connectivity index (χ1) is 11.1. The summed E-state index contributed by atoms with van der Waals surface area (Å²) in [5, 5.41) is 14.6. The van der Waals surface area contributed by atoms with Crippen LogP contribution in [0.15, 0.2) is 47.6 Å². The summed E-state index contributed by atoms with van der Waals surface area (Å²) in [5.41, 5.74) is 4.12. The van der Waals surface area contributed by atoms with Gasteiger partial charge in [0.15, 0.2) is 5.78 Å². The van der Waals surface area contributed by atoms with Crippen LogP contribution in [-0.4, -0.2) is 21.2 Å². The molecule has 114 valence electrons. The molecule has 0 amide bonds. The van der Waals surface area contributed by atoms with Crippen LogP contribution in [0, 0.1) is 25.2 Å². The number of aromatic nitrogens is 2. The normalized spacial score (nSPS) is 10.7. The SMILES string of the molecule is Cc1cc(C)c2c(C#N)c(SCC(=O)c3ccccc3)nn2c1. The Morgan fingerprint density at radius 2 is 2.04 bits per heavy atom. The second kappa shape index (κ2) is 6.27. The van der Waals surface area contributed by atoms with Crippen molar-refractivity contribution in [2.45, 2.75) is 18.9 Å². The Hall–Kier alpha value is -2.58. The van der Waals surface area contributed by atoms with Crippen molar-refractivity contribution in [1.82, 2.24) is 9.61 Å². The molecule has 0 aliphatic heterocycles. The van der Waals surface area contributed by atoms with E-state index in [4.69, 9.17) is 0 Å². The summed E-state index contributed by atoms with van der Waals surface area (Å²) in [5.74, 6) is 0.296. The largest absolute Gasteiger partial charge is 0.293 e. The summed E-state index contributed by atoms with van der Waals surface area (Å²) < 4.78 is 1.73. The Morgan fingerprint density at radius 1 is 1.30 bits per heavy atom. The van der Waals surface area contributed by atoms with Gasteiger partial charge in [0, 0.05) is 11.8 Å². The molecule has 5 heteroatoms. The Balaban J connectivity index is 1.90. The number of Topliss-reactive ketones (excluding diaryl/α,β-unsaturated/α-hetero) is 1. The van der Waals surface area contributed by atoms with E-state index in [0.29, 0.717) is 16.2 Å². The lowest BCUT2D eigenvalue weighted by Crippen LogP contribution is -2.02. The topological polar surface area (TPSA) is 58.2 Å². The molecule has 0 N–H and O–H groups in total. The fraction of sp³-hybridized carbons (Fsp3) is 0.167. The number of thioether (sulfide) groups is 1. The summed E-state index contributed by atoms with van der Waals surface area (Å²) in [6.07, 6.45) is 1.90. The van der Waals surface area contributed by atoms with Gasteiger partial charge < -0.3 is 0 Å². The minimum Gasteiger partial charge on any atom is -0.293 e. The molecule has 0 fully saturated rings. The Kier molecular flexibility index (Phi) is 4.18. The number of rotatable bonds is 4. The minimum atomic E-state index is 0.0319. The van der Waals surface area contributed by atoms with Gasteiger partial charge in [0.1, 0.15) is 16.7 Å². The van der Waals surface area contributed by atoms with Crippen LogP contribution >= 0.6 is 11.8 Å². The van der Waals surface area contributed by atoms with E-state index in [0.717, 1.165) is 16.6 Å². The lowest BCUT2D eigenvalue weighted by Gasteiger charge is -2.00. The highest BCUT2D eigenvalue weighted by Gasteiger charge is 2.17. The zero-order valence-corrected chi connectivity index (χ0v) is 13.7. The molecular weight excluding hydrogens is 306 g/mol. The van der Waals surface area contributed by atoms with Gasteiger partial charge in [-0.3, -0.25) is 4.79 Å². The number of aryl methyl sites for hydroxylation is 2. The standard InChI is InChI=1S/C18H15N3OS/c1-12-8-13(2)17-15(9-19)18(20-21(17)10-12)23-11-16(22)14-6-4-3-5-7-14/h3-8,10H,11H2,1-2H3. The van der Waals surface area contributed by atoms with Gasteiger partial charge in [0.05, 0.1) is 11.3 Å². The smallest absolute Gasteiger partial charge is 0.173 e. The molecule has 0 aliphatic carbocycles. The van der Waals surface area contributed by atoms with E-state index in [2.05, 4.69) is 11.2 Å². The monoisotopic (exact) mass is 321 g/mol. The van der Waals surface area contributed by atoms with Crippen LogP contribution in [0.4, 0.5) is 0 Å². The molecular formula is C18H15N3OS. The predicted octanol–water partition coefficient (Wildman–Crippen LogP) is 3.80. The van der Waals surface area contributed by atoms with E-state index in [1.54, 1.807) is 16.6 Å². The summed E-state index contributed by atoms with van der Waals surface area (Å²) in [4.78, 5) is 12.2. The Bertz CT molecular complexity index is 923. The fourth-order valence-electron chi connectivity index (χ4n) is 2.57. The number of ketones is 1.